The smallest absolute Gasteiger partial charge is 0.272 e. The summed E-state index contributed by atoms with van der Waals surface area (Å²) in [4.78, 5) is 15.9. The van der Waals surface area contributed by atoms with E-state index in [9.17, 15) is 4.79 Å². The lowest BCUT2D eigenvalue weighted by Gasteiger charge is -2.23. The highest BCUT2D eigenvalue weighted by Crippen LogP contribution is 2.36. The molecule has 0 aromatic carbocycles. The van der Waals surface area contributed by atoms with Gasteiger partial charge in [0.2, 0.25) is 0 Å². The first-order valence-electron chi connectivity index (χ1n) is 6.09. The summed E-state index contributed by atoms with van der Waals surface area (Å²) >= 11 is 0. The van der Waals surface area contributed by atoms with Crippen LogP contribution in [0.15, 0.2) is 18.3 Å². The summed E-state index contributed by atoms with van der Waals surface area (Å²) in [5.41, 5.74) is 6.72. The van der Waals surface area contributed by atoms with Crippen molar-refractivity contribution in [1.29, 1.82) is 0 Å². The van der Waals surface area contributed by atoms with Gasteiger partial charge < -0.3 is 11.1 Å². The molecule has 1 aliphatic carbocycles. The maximum absolute atomic E-state index is 11.9. The van der Waals surface area contributed by atoms with Crippen LogP contribution in [0, 0.1) is 5.41 Å². The zero-order chi connectivity index (χ0) is 12.3. The molecule has 0 bridgehead atoms. The molecule has 0 unspecified atom stereocenters. The Morgan fingerprint density at radius 2 is 2.24 bits per heavy atom. The Morgan fingerprint density at radius 1 is 1.53 bits per heavy atom. The van der Waals surface area contributed by atoms with Gasteiger partial charge in [-0.25, -0.2) is 4.98 Å². The lowest BCUT2D eigenvalue weighted by atomic mass is 9.89. The van der Waals surface area contributed by atoms with E-state index in [1.165, 1.54) is 25.7 Å². The highest BCUT2D eigenvalue weighted by molar-refractivity contribution is 5.96. The summed E-state index contributed by atoms with van der Waals surface area (Å²) in [6.07, 6.45) is 6.48. The lowest BCUT2D eigenvalue weighted by molar-refractivity contribution is 0.0930. The van der Waals surface area contributed by atoms with E-state index in [1.807, 2.05) is 0 Å². The average molecular weight is 233 g/mol. The van der Waals surface area contributed by atoms with Crippen LogP contribution in [-0.4, -0.2) is 17.4 Å². The molecule has 0 spiro atoms. The van der Waals surface area contributed by atoms with Crippen molar-refractivity contribution in [2.24, 2.45) is 5.41 Å². The standard InChI is InChI=1S/C13H19N3O/c1-13(6-2-3-7-13)9-16-12(17)11-10(14)5-4-8-15-11/h4-5,8H,2-3,6-7,9,14H2,1H3,(H,16,17). The molecule has 1 saturated carbocycles. The van der Waals surface area contributed by atoms with Gasteiger partial charge in [-0.3, -0.25) is 4.79 Å². The van der Waals surface area contributed by atoms with Crippen LogP contribution < -0.4 is 11.1 Å². The Labute approximate surface area is 102 Å². The van der Waals surface area contributed by atoms with Crippen LogP contribution in [0.25, 0.3) is 0 Å². The summed E-state index contributed by atoms with van der Waals surface area (Å²) in [6.45, 7) is 2.93. The largest absolute Gasteiger partial charge is 0.397 e. The fraction of sp³-hybridized carbons (Fsp3) is 0.538. The highest BCUT2D eigenvalue weighted by Gasteiger charge is 2.29. The van der Waals surface area contributed by atoms with Gasteiger partial charge in [0.15, 0.2) is 5.69 Å². The van der Waals surface area contributed by atoms with E-state index in [1.54, 1.807) is 18.3 Å². The first-order chi connectivity index (χ1) is 8.11. The zero-order valence-corrected chi connectivity index (χ0v) is 10.2. The number of nitrogens with one attached hydrogen (secondary N) is 1. The zero-order valence-electron chi connectivity index (χ0n) is 10.2. The maximum Gasteiger partial charge on any atom is 0.272 e. The van der Waals surface area contributed by atoms with E-state index >= 15 is 0 Å². The molecule has 3 N–H and O–H groups in total. The van der Waals surface area contributed by atoms with Crippen LogP contribution in [-0.2, 0) is 0 Å². The van der Waals surface area contributed by atoms with Crippen molar-refractivity contribution >= 4 is 11.6 Å². The summed E-state index contributed by atoms with van der Waals surface area (Å²) < 4.78 is 0. The first kappa shape index (κ1) is 11.9. The quantitative estimate of drug-likeness (QED) is 0.838. The van der Waals surface area contributed by atoms with Crippen molar-refractivity contribution < 1.29 is 4.79 Å². The monoisotopic (exact) mass is 233 g/mol. The number of nitrogen functional groups attached to an aromatic ring is 1. The number of hydrogen-bond donors (Lipinski definition) is 2. The number of carbonyl (C=O) groups excluding carboxylic acids is 1. The van der Waals surface area contributed by atoms with Gasteiger partial charge in [-0.1, -0.05) is 19.8 Å². The number of nitrogens with two attached hydrogens (primary N) is 1. The number of rotatable bonds is 3. The van der Waals surface area contributed by atoms with Crippen molar-refractivity contribution in [3.05, 3.63) is 24.0 Å². The van der Waals surface area contributed by atoms with Crippen molar-refractivity contribution in [3.8, 4) is 0 Å². The van der Waals surface area contributed by atoms with E-state index in [4.69, 9.17) is 5.73 Å². The molecule has 1 aromatic heterocycles. The second kappa shape index (κ2) is 4.73. The molecule has 1 heterocycles. The minimum atomic E-state index is -0.170. The predicted molar refractivity (Wildman–Crippen MR) is 67.6 cm³/mol. The van der Waals surface area contributed by atoms with Gasteiger partial charge in [-0.05, 0) is 30.4 Å². The second-order valence-corrected chi connectivity index (χ2v) is 5.14. The van der Waals surface area contributed by atoms with Crippen molar-refractivity contribution in [2.75, 3.05) is 12.3 Å². The van der Waals surface area contributed by atoms with Crippen LogP contribution in [0.1, 0.15) is 43.1 Å². The van der Waals surface area contributed by atoms with Crippen molar-refractivity contribution in [2.45, 2.75) is 32.6 Å². The van der Waals surface area contributed by atoms with Crippen LogP contribution in [0.4, 0.5) is 5.69 Å². The van der Waals surface area contributed by atoms with E-state index in [0.29, 0.717) is 17.9 Å². The minimum absolute atomic E-state index is 0.170. The molecule has 4 nitrogen and oxygen atoms in total. The fourth-order valence-electron chi connectivity index (χ4n) is 2.39. The second-order valence-electron chi connectivity index (χ2n) is 5.14. The van der Waals surface area contributed by atoms with Crippen LogP contribution in [0.2, 0.25) is 0 Å². The van der Waals surface area contributed by atoms with E-state index < -0.39 is 0 Å². The van der Waals surface area contributed by atoms with Gasteiger partial charge in [0.25, 0.3) is 5.91 Å². The maximum atomic E-state index is 11.9. The number of pyridine rings is 1. The van der Waals surface area contributed by atoms with Crippen LogP contribution in [0.5, 0.6) is 0 Å². The molecule has 0 atom stereocenters. The van der Waals surface area contributed by atoms with Gasteiger partial charge in [-0.2, -0.15) is 0 Å². The van der Waals surface area contributed by atoms with Gasteiger partial charge in [0.05, 0.1) is 5.69 Å². The molecule has 1 aromatic rings. The van der Waals surface area contributed by atoms with Crippen LogP contribution in [0.3, 0.4) is 0 Å². The molecule has 0 saturated heterocycles. The fourth-order valence-corrected chi connectivity index (χ4v) is 2.39. The molecule has 1 fully saturated rings. The molecular weight excluding hydrogens is 214 g/mol. The molecule has 17 heavy (non-hydrogen) atoms. The molecule has 0 radical (unpaired) electrons. The van der Waals surface area contributed by atoms with Gasteiger partial charge in [0.1, 0.15) is 0 Å². The Morgan fingerprint density at radius 3 is 2.88 bits per heavy atom. The molecule has 92 valence electrons. The predicted octanol–water partition coefficient (Wildman–Crippen LogP) is 1.97. The Bertz CT molecular complexity index is 411. The summed E-state index contributed by atoms with van der Waals surface area (Å²) in [6, 6.07) is 3.42. The van der Waals surface area contributed by atoms with Gasteiger partial charge in [0, 0.05) is 12.7 Å². The topological polar surface area (TPSA) is 68.0 Å². The SMILES string of the molecule is CC1(CNC(=O)c2ncccc2N)CCCC1. The number of aromatic nitrogens is 1. The number of hydrogen-bond acceptors (Lipinski definition) is 3. The minimum Gasteiger partial charge on any atom is -0.397 e. The Kier molecular flexibility index (Phi) is 3.31. The number of anilines is 1. The third-order valence-corrected chi connectivity index (χ3v) is 3.54. The summed E-state index contributed by atoms with van der Waals surface area (Å²) in [7, 11) is 0. The van der Waals surface area contributed by atoms with E-state index in [2.05, 4.69) is 17.2 Å². The normalized spacial score (nSPS) is 17.9. The molecule has 0 aliphatic heterocycles. The molecule has 2 rings (SSSR count). The number of nitrogens with zero attached hydrogens (tertiary/aromatic N) is 1. The van der Waals surface area contributed by atoms with Gasteiger partial charge in [-0.15, -0.1) is 0 Å². The van der Waals surface area contributed by atoms with Crippen molar-refractivity contribution in [3.63, 3.8) is 0 Å². The number of carbonyl (C=O) groups is 1. The Balaban J connectivity index is 1.96. The van der Waals surface area contributed by atoms with Crippen molar-refractivity contribution in [1.82, 2.24) is 10.3 Å². The van der Waals surface area contributed by atoms with E-state index in [0.717, 1.165) is 0 Å². The first-order valence-corrected chi connectivity index (χ1v) is 6.09. The Hall–Kier alpha value is -1.58. The van der Waals surface area contributed by atoms with Gasteiger partial charge >= 0.3 is 0 Å². The van der Waals surface area contributed by atoms with Crippen LogP contribution >= 0.6 is 0 Å². The van der Waals surface area contributed by atoms with E-state index in [-0.39, 0.29) is 11.3 Å². The number of amides is 1. The third-order valence-electron chi connectivity index (χ3n) is 3.54. The summed E-state index contributed by atoms with van der Waals surface area (Å²) in [5, 5.41) is 2.94. The summed E-state index contributed by atoms with van der Waals surface area (Å²) in [5.74, 6) is -0.170. The molecule has 4 heteroatoms. The molecule has 1 amide bonds. The third kappa shape index (κ3) is 2.75. The highest BCUT2D eigenvalue weighted by atomic mass is 16.1. The lowest BCUT2D eigenvalue weighted by Crippen LogP contribution is -2.34. The average Bonchev–Trinajstić information content (AvgIpc) is 2.74. The molecule has 1 aliphatic rings. The molecular formula is C13H19N3O.